The Labute approximate surface area is 111 Å². The predicted octanol–water partition coefficient (Wildman–Crippen LogP) is 3.68. The first kappa shape index (κ1) is 13.2. The van der Waals surface area contributed by atoms with Gasteiger partial charge in [0.2, 0.25) is 0 Å². The van der Waals surface area contributed by atoms with Crippen molar-refractivity contribution in [1.82, 2.24) is 0 Å². The van der Waals surface area contributed by atoms with Crippen LogP contribution in [0.3, 0.4) is 0 Å². The van der Waals surface area contributed by atoms with E-state index in [0.717, 1.165) is 23.8 Å². The molecule has 0 saturated heterocycles. The second-order valence-corrected chi connectivity index (χ2v) is 5.80. The van der Waals surface area contributed by atoms with Crippen molar-refractivity contribution in [2.75, 3.05) is 11.6 Å². The normalized spacial score (nSPS) is 23.6. The number of benzene rings is 1. The average molecular weight is 266 g/mol. The molecule has 0 bridgehead atoms. The van der Waals surface area contributed by atoms with Crippen LogP contribution < -0.4 is 5.32 Å². The van der Waals surface area contributed by atoms with E-state index in [-0.39, 0.29) is 10.6 Å². The second kappa shape index (κ2) is 6.09. The summed E-state index contributed by atoms with van der Waals surface area (Å²) >= 11 is 1.94. The van der Waals surface area contributed by atoms with E-state index in [4.69, 9.17) is 0 Å². The SMILES string of the molecule is CSC1CCC(Nc2cccc([N+](=O)[O-])c2)CC1. The van der Waals surface area contributed by atoms with Crippen LogP contribution in [0.2, 0.25) is 0 Å². The minimum atomic E-state index is -0.351. The van der Waals surface area contributed by atoms with Crippen molar-refractivity contribution in [3.63, 3.8) is 0 Å². The van der Waals surface area contributed by atoms with Crippen LogP contribution in [-0.2, 0) is 0 Å². The first-order valence-electron chi connectivity index (χ1n) is 6.23. The molecule has 2 rings (SSSR count). The van der Waals surface area contributed by atoms with Crippen LogP contribution in [0, 0.1) is 10.1 Å². The summed E-state index contributed by atoms with van der Waals surface area (Å²) in [6, 6.07) is 7.22. The largest absolute Gasteiger partial charge is 0.382 e. The molecule has 1 aromatic carbocycles. The molecule has 5 heteroatoms. The molecule has 4 nitrogen and oxygen atoms in total. The Balaban J connectivity index is 1.94. The molecule has 0 heterocycles. The summed E-state index contributed by atoms with van der Waals surface area (Å²) in [5, 5.41) is 14.9. The Morgan fingerprint density at radius 3 is 2.67 bits per heavy atom. The molecule has 1 fully saturated rings. The van der Waals surface area contributed by atoms with Crippen LogP contribution in [0.15, 0.2) is 24.3 Å². The molecular weight excluding hydrogens is 248 g/mol. The molecule has 0 unspecified atom stereocenters. The molecule has 1 aliphatic rings. The maximum atomic E-state index is 10.7. The van der Waals surface area contributed by atoms with Crippen LogP contribution >= 0.6 is 11.8 Å². The van der Waals surface area contributed by atoms with E-state index in [9.17, 15) is 10.1 Å². The van der Waals surface area contributed by atoms with Crippen molar-refractivity contribution in [2.24, 2.45) is 0 Å². The number of anilines is 1. The maximum Gasteiger partial charge on any atom is 0.271 e. The molecule has 0 aliphatic heterocycles. The van der Waals surface area contributed by atoms with Gasteiger partial charge in [0.25, 0.3) is 5.69 Å². The first-order valence-corrected chi connectivity index (χ1v) is 7.51. The maximum absolute atomic E-state index is 10.7. The number of thioether (sulfide) groups is 1. The minimum Gasteiger partial charge on any atom is -0.382 e. The zero-order valence-electron chi connectivity index (χ0n) is 10.5. The Morgan fingerprint density at radius 1 is 1.33 bits per heavy atom. The fourth-order valence-corrected chi connectivity index (χ4v) is 3.13. The van der Waals surface area contributed by atoms with Gasteiger partial charge < -0.3 is 5.32 Å². The number of nitro benzene ring substituents is 1. The van der Waals surface area contributed by atoms with Gasteiger partial charge >= 0.3 is 0 Å². The lowest BCUT2D eigenvalue weighted by atomic mass is 9.95. The van der Waals surface area contributed by atoms with Crippen molar-refractivity contribution in [2.45, 2.75) is 37.0 Å². The first-order chi connectivity index (χ1) is 8.69. The van der Waals surface area contributed by atoms with E-state index >= 15 is 0 Å². The molecule has 1 N–H and O–H groups in total. The molecule has 1 saturated carbocycles. The highest BCUT2D eigenvalue weighted by Crippen LogP contribution is 2.29. The van der Waals surface area contributed by atoms with Gasteiger partial charge in [-0.3, -0.25) is 10.1 Å². The zero-order chi connectivity index (χ0) is 13.0. The lowest BCUT2D eigenvalue weighted by Crippen LogP contribution is -2.27. The van der Waals surface area contributed by atoms with Gasteiger partial charge in [0.1, 0.15) is 0 Å². The average Bonchev–Trinajstić information content (AvgIpc) is 2.40. The quantitative estimate of drug-likeness (QED) is 0.667. The predicted molar refractivity (Wildman–Crippen MR) is 76.3 cm³/mol. The molecule has 0 atom stereocenters. The summed E-state index contributed by atoms with van der Waals surface area (Å²) in [7, 11) is 0. The van der Waals surface area contributed by atoms with Crippen LogP contribution in [0.4, 0.5) is 11.4 Å². The second-order valence-electron chi connectivity index (χ2n) is 4.66. The van der Waals surface area contributed by atoms with Gasteiger partial charge in [-0.2, -0.15) is 11.8 Å². The minimum absolute atomic E-state index is 0.151. The molecule has 0 amide bonds. The third-order valence-corrected chi connectivity index (χ3v) is 4.57. The van der Waals surface area contributed by atoms with Gasteiger partial charge in [-0.25, -0.2) is 0 Å². The summed E-state index contributed by atoms with van der Waals surface area (Å²) in [6.45, 7) is 0. The van der Waals surface area contributed by atoms with Crippen LogP contribution in [0.5, 0.6) is 0 Å². The van der Waals surface area contributed by atoms with E-state index in [1.165, 1.54) is 18.9 Å². The summed E-state index contributed by atoms with van der Waals surface area (Å²) in [5.41, 5.74) is 1.01. The standard InChI is InChI=1S/C13H18N2O2S/c1-18-13-7-5-10(6-8-13)14-11-3-2-4-12(9-11)15(16)17/h2-4,9-10,13-14H,5-8H2,1H3. The molecular formula is C13H18N2O2S. The highest BCUT2D eigenvalue weighted by atomic mass is 32.2. The van der Waals surface area contributed by atoms with E-state index in [1.807, 2.05) is 17.8 Å². The van der Waals surface area contributed by atoms with E-state index in [1.54, 1.807) is 12.1 Å². The molecule has 0 aromatic heterocycles. The Hall–Kier alpha value is -1.23. The Kier molecular flexibility index (Phi) is 4.47. The van der Waals surface area contributed by atoms with Crippen molar-refractivity contribution >= 4 is 23.1 Å². The Bertz CT molecular complexity index is 417. The molecule has 0 spiro atoms. The number of nitro groups is 1. The van der Waals surface area contributed by atoms with E-state index < -0.39 is 0 Å². The smallest absolute Gasteiger partial charge is 0.271 e. The fraction of sp³-hybridized carbons (Fsp3) is 0.538. The molecule has 1 aromatic rings. The molecule has 18 heavy (non-hydrogen) atoms. The number of hydrogen-bond acceptors (Lipinski definition) is 4. The lowest BCUT2D eigenvalue weighted by Gasteiger charge is -2.28. The number of non-ortho nitro benzene ring substituents is 1. The zero-order valence-corrected chi connectivity index (χ0v) is 11.3. The highest BCUT2D eigenvalue weighted by Gasteiger charge is 2.20. The summed E-state index contributed by atoms with van der Waals surface area (Å²) < 4.78 is 0. The van der Waals surface area contributed by atoms with Crippen molar-refractivity contribution in [3.8, 4) is 0 Å². The van der Waals surface area contributed by atoms with Gasteiger partial charge in [0.05, 0.1) is 4.92 Å². The third kappa shape index (κ3) is 3.38. The molecule has 0 radical (unpaired) electrons. The summed E-state index contributed by atoms with van der Waals surface area (Å²) in [4.78, 5) is 10.4. The van der Waals surface area contributed by atoms with Gasteiger partial charge in [-0.1, -0.05) is 6.07 Å². The number of nitrogens with one attached hydrogen (secondary N) is 1. The summed E-state index contributed by atoms with van der Waals surface area (Å²) in [5.74, 6) is 0. The van der Waals surface area contributed by atoms with E-state index in [2.05, 4.69) is 11.6 Å². The van der Waals surface area contributed by atoms with E-state index in [0.29, 0.717) is 6.04 Å². The van der Waals surface area contributed by atoms with Crippen molar-refractivity contribution < 1.29 is 4.92 Å². The molecule has 98 valence electrons. The Morgan fingerprint density at radius 2 is 2.06 bits per heavy atom. The van der Waals surface area contributed by atoms with Crippen molar-refractivity contribution in [3.05, 3.63) is 34.4 Å². The fourth-order valence-electron chi connectivity index (χ4n) is 2.39. The van der Waals surface area contributed by atoms with Gasteiger partial charge in [0, 0.05) is 29.1 Å². The summed E-state index contributed by atoms with van der Waals surface area (Å²) in [6.07, 6.45) is 6.92. The van der Waals surface area contributed by atoms with Crippen LogP contribution in [0.25, 0.3) is 0 Å². The van der Waals surface area contributed by atoms with Gasteiger partial charge in [0.15, 0.2) is 0 Å². The number of hydrogen-bond donors (Lipinski definition) is 1. The van der Waals surface area contributed by atoms with Crippen molar-refractivity contribution in [1.29, 1.82) is 0 Å². The lowest BCUT2D eigenvalue weighted by molar-refractivity contribution is -0.384. The molecule has 1 aliphatic carbocycles. The number of rotatable bonds is 4. The number of nitrogens with zero attached hydrogens (tertiary/aromatic N) is 1. The third-order valence-electron chi connectivity index (χ3n) is 3.44. The monoisotopic (exact) mass is 266 g/mol. The topological polar surface area (TPSA) is 55.2 Å². The van der Waals surface area contributed by atoms with Crippen LogP contribution in [-0.4, -0.2) is 22.5 Å². The van der Waals surface area contributed by atoms with Gasteiger partial charge in [-0.05, 0) is 38.0 Å². The van der Waals surface area contributed by atoms with Gasteiger partial charge in [-0.15, -0.1) is 0 Å². The van der Waals surface area contributed by atoms with Crippen LogP contribution in [0.1, 0.15) is 25.7 Å². The highest BCUT2D eigenvalue weighted by molar-refractivity contribution is 7.99.